The van der Waals surface area contributed by atoms with Gasteiger partial charge in [0.2, 0.25) is 5.91 Å². The molecule has 0 bridgehead atoms. The summed E-state index contributed by atoms with van der Waals surface area (Å²) in [5.74, 6) is 2.31. The largest absolute Gasteiger partial charge is 0.481 e. The number of fused-ring (bicyclic) bond motifs is 1. The minimum Gasteiger partial charge on any atom is -0.481 e. The third kappa shape index (κ3) is 3.64. The number of nitrogens with zero attached hydrogens (tertiary/aromatic N) is 1. The monoisotopic (exact) mass is 389 g/mol. The molecule has 1 fully saturated rings. The maximum atomic E-state index is 12.5. The quantitative estimate of drug-likeness (QED) is 0.770. The first-order chi connectivity index (χ1) is 14.1. The lowest BCUT2D eigenvalue weighted by Crippen LogP contribution is -2.28. The fraction of sp³-hybridized carbons (Fsp3) is 0.304. The molecular weight excluding hydrogens is 366 g/mol. The highest BCUT2D eigenvalue weighted by molar-refractivity contribution is 6.03. The summed E-state index contributed by atoms with van der Waals surface area (Å²) in [5, 5.41) is 2.96. The van der Waals surface area contributed by atoms with Crippen LogP contribution < -0.4 is 20.7 Å². The SMILES string of the molecule is C#CCOc1ccccc1C1CC(=O)Nc2cc(N3CCCC3)c(C(N)=O)cc21. The molecule has 6 heteroatoms. The Hall–Kier alpha value is -3.46. The van der Waals surface area contributed by atoms with Crippen molar-refractivity contribution in [3.63, 3.8) is 0 Å². The second-order valence-electron chi connectivity index (χ2n) is 7.35. The lowest BCUT2D eigenvalue weighted by atomic mass is 9.83. The minimum absolute atomic E-state index is 0.0755. The molecule has 0 spiro atoms. The normalized spacial score (nSPS) is 18.0. The summed E-state index contributed by atoms with van der Waals surface area (Å²) in [7, 11) is 0. The van der Waals surface area contributed by atoms with Crippen LogP contribution in [0.15, 0.2) is 36.4 Å². The molecule has 0 saturated carbocycles. The van der Waals surface area contributed by atoms with Gasteiger partial charge in [-0.25, -0.2) is 0 Å². The maximum Gasteiger partial charge on any atom is 0.250 e. The number of anilines is 2. The van der Waals surface area contributed by atoms with Crippen LogP contribution in [0, 0.1) is 12.3 Å². The zero-order valence-electron chi connectivity index (χ0n) is 16.1. The molecule has 6 nitrogen and oxygen atoms in total. The van der Waals surface area contributed by atoms with Crippen LogP contribution in [0.3, 0.4) is 0 Å². The van der Waals surface area contributed by atoms with E-state index < -0.39 is 5.91 Å². The van der Waals surface area contributed by atoms with Crippen molar-refractivity contribution in [1.82, 2.24) is 0 Å². The number of amides is 2. The van der Waals surface area contributed by atoms with E-state index in [0.29, 0.717) is 17.0 Å². The molecule has 2 aromatic rings. The highest BCUT2D eigenvalue weighted by atomic mass is 16.5. The number of nitrogens with two attached hydrogens (primary N) is 1. The van der Waals surface area contributed by atoms with Gasteiger partial charge in [0.25, 0.3) is 5.91 Å². The standard InChI is InChI=1S/C23H23N3O3/c1-2-11-29-21-8-4-3-7-15(21)16-13-22(27)25-19-14-20(26-9-5-6-10-26)18(23(24)28)12-17(16)19/h1,3-4,7-8,12,14,16H,5-6,9-11,13H2,(H2,24,28)(H,25,27). The van der Waals surface area contributed by atoms with Gasteiger partial charge in [0.1, 0.15) is 12.4 Å². The predicted molar refractivity (Wildman–Crippen MR) is 112 cm³/mol. The number of benzene rings is 2. The molecule has 1 unspecified atom stereocenters. The third-order valence-electron chi connectivity index (χ3n) is 5.52. The van der Waals surface area contributed by atoms with Crippen LogP contribution in [0.4, 0.5) is 11.4 Å². The van der Waals surface area contributed by atoms with Crippen molar-refractivity contribution in [2.45, 2.75) is 25.2 Å². The molecule has 2 aliphatic heterocycles. The van der Waals surface area contributed by atoms with Crippen molar-refractivity contribution in [3.8, 4) is 18.1 Å². The number of nitrogens with one attached hydrogen (secondary N) is 1. The zero-order valence-corrected chi connectivity index (χ0v) is 16.1. The van der Waals surface area contributed by atoms with Crippen LogP contribution in [0.2, 0.25) is 0 Å². The van der Waals surface area contributed by atoms with Gasteiger partial charge in [-0.2, -0.15) is 0 Å². The summed E-state index contributed by atoms with van der Waals surface area (Å²) in [5.41, 5.74) is 9.42. The number of ether oxygens (including phenoxy) is 1. The molecule has 0 aliphatic carbocycles. The molecule has 0 aromatic heterocycles. The van der Waals surface area contributed by atoms with Crippen LogP contribution in [0.5, 0.6) is 5.75 Å². The lowest BCUT2D eigenvalue weighted by Gasteiger charge is -2.30. The number of hydrogen-bond donors (Lipinski definition) is 2. The summed E-state index contributed by atoms with van der Waals surface area (Å²) in [6, 6.07) is 11.2. The van der Waals surface area contributed by atoms with E-state index in [0.717, 1.165) is 42.7 Å². The van der Waals surface area contributed by atoms with Gasteiger partial charge in [0.05, 0.1) is 11.3 Å². The molecule has 1 atom stereocenters. The van der Waals surface area contributed by atoms with E-state index in [1.807, 2.05) is 36.4 Å². The number of primary amides is 1. The van der Waals surface area contributed by atoms with Crippen molar-refractivity contribution >= 4 is 23.2 Å². The van der Waals surface area contributed by atoms with E-state index in [4.69, 9.17) is 16.9 Å². The second kappa shape index (κ2) is 7.88. The first-order valence-corrected chi connectivity index (χ1v) is 9.76. The summed E-state index contributed by atoms with van der Waals surface area (Å²) in [4.78, 5) is 26.9. The zero-order chi connectivity index (χ0) is 20.4. The van der Waals surface area contributed by atoms with Crippen LogP contribution in [-0.4, -0.2) is 31.5 Å². The Morgan fingerprint density at radius 2 is 2.00 bits per heavy atom. The van der Waals surface area contributed by atoms with Gasteiger partial charge in [-0.05, 0) is 36.6 Å². The van der Waals surface area contributed by atoms with Gasteiger partial charge in [-0.3, -0.25) is 9.59 Å². The Kier molecular flexibility index (Phi) is 5.13. The van der Waals surface area contributed by atoms with Crippen molar-refractivity contribution in [2.24, 2.45) is 5.73 Å². The van der Waals surface area contributed by atoms with Crippen LogP contribution in [0.25, 0.3) is 0 Å². The van der Waals surface area contributed by atoms with Crippen molar-refractivity contribution in [2.75, 3.05) is 29.9 Å². The predicted octanol–water partition coefficient (Wildman–Crippen LogP) is 2.87. The minimum atomic E-state index is -0.470. The number of rotatable bonds is 5. The first kappa shape index (κ1) is 18.9. The topological polar surface area (TPSA) is 84.7 Å². The molecule has 0 radical (unpaired) electrons. The van der Waals surface area contributed by atoms with Crippen molar-refractivity contribution in [3.05, 3.63) is 53.1 Å². The Bertz CT molecular complexity index is 1000. The van der Waals surface area contributed by atoms with E-state index in [1.165, 1.54) is 0 Å². The fourth-order valence-corrected chi connectivity index (χ4v) is 4.21. The Morgan fingerprint density at radius 3 is 2.72 bits per heavy atom. The number of hydrogen-bond acceptors (Lipinski definition) is 4. The number of terminal acetylenes is 1. The third-order valence-corrected chi connectivity index (χ3v) is 5.52. The molecule has 2 aromatic carbocycles. The molecule has 2 heterocycles. The smallest absolute Gasteiger partial charge is 0.250 e. The fourth-order valence-electron chi connectivity index (χ4n) is 4.21. The van der Waals surface area contributed by atoms with Gasteiger partial charge in [-0.15, -0.1) is 6.42 Å². The Labute approximate surface area is 170 Å². The molecule has 29 heavy (non-hydrogen) atoms. The average Bonchev–Trinajstić information content (AvgIpc) is 3.25. The van der Waals surface area contributed by atoms with Gasteiger partial charge >= 0.3 is 0 Å². The van der Waals surface area contributed by atoms with Gasteiger partial charge in [0, 0.05) is 36.7 Å². The van der Waals surface area contributed by atoms with Crippen LogP contribution in [-0.2, 0) is 4.79 Å². The van der Waals surface area contributed by atoms with Gasteiger partial charge in [-0.1, -0.05) is 24.1 Å². The number of para-hydroxylation sites is 1. The summed E-state index contributed by atoms with van der Waals surface area (Å²) in [6.45, 7) is 1.89. The highest BCUT2D eigenvalue weighted by Gasteiger charge is 2.31. The van der Waals surface area contributed by atoms with Crippen LogP contribution in [0.1, 0.15) is 46.7 Å². The molecule has 3 N–H and O–H groups in total. The molecule has 2 aliphatic rings. The van der Waals surface area contributed by atoms with E-state index in [2.05, 4.69) is 16.1 Å². The Balaban J connectivity index is 1.83. The first-order valence-electron chi connectivity index (χ1n) is 9.76. The summed E-state index contributed by atoms with van der Waals surface area (Å²) in [6.07, 6.45) is 7.74. The summed E-state index contributed by atoms with van der Waals surface area (Å²) >= 11 is 0. The van der Waals surface area contributed by atoms with Crippen molar-refractivity contribution in [1.29, 1.82) is 0 Å². The molecule has 1 saturated heterocycles. The van der Waals surface area contributed by atoms with E-state index in [1.54, 1.807) is 0 Å². The van der Waals surface area contributed by atoms with E-state index in [-0.39, 0.29) is 24.9 Å². The van der Waals surface area contributed by atoms with Gasteiger partial charge < -0.3 is 20.7 Å². The van der Waals surface area contributed by atoms with E-state index in [9.17, 15) is 9.59 Å². The van der Waals surface area contributed by atoms with Gasteiger partial charge in [0.15, 0.2) is 0 Å². The van der Waals surface area contributed by atoms with E-state index >= 15 is 0 Å². The van der Waals surface area contributed by atoms with Crippen molar-refractivity contribution < 1.29 is 14.3 Å². The number of carbonyl (C=O) groups excluding carboxylic acids is 2. The molecular formula is C23H23N3O3. The number of carbonyl (C=O) groups is 2. The molecule has 2 amide bonds. The van der Waals surface area contributed by atoms with Crippen LogP contribution >= 0.6 is 0 Å². The maximum absolute atomic E-state index is 12.5. The Morgan fingerprint density at radius 1 is 1.24 bits per heavy atom. The average molecular weight is 389 g/mol. The molecule has 148 valence electrons. The molecule has 4 rings (SSSR count). The second-order valence-corrected chi connectivity index (χ2v) is 7.35. The lowest BCUT2D eigenvalue weighted by molar-refractivity contribution is -0.116. The summed E-state index contributed by atoms with van der Waals surface area (Å²) < 4.78 is 5.70. The highest BCUT2D eigenvalue weighted by Crippen LogP contribution is 2.43.